The van der Waals surface area contributed by atoms with Gasteiger partial charge >= 0.3 is 5.97 Å². The molecule has 9 heteroatoms. The number of thiophene rings is 1. The van der Waals surface area contributed by atoms with E-state index in [2.05, 4.69) is 9.71 Å². The quantitative estimate of drug-likeness (QED) is 0.840. The zero-order chi connectivity index (χ0) is 16.5. The van der Waals surface area contributed by atoms with Gasteiger partial charge in [-0.3, -0.25) is 9.78 Å². The lowest BCUT2D eigenvalue weighted by atomic mass is 9.80. The zero-order valence-electron chi connectivity index (χ0n) is 12.2. The number of carboxylic acids is 1. The first-order chi connectivity index (χ1) is 10.9. The SMILES string of the molecule is O=C(O)C1(CNS(=O)(=O)c2cnc3ccsc3c2)CCOCC1. The third kappa shape index (κ3) is 3.23. The van der Waals surface area contributed by atoms with Gasteiger partial charge in [0.2, 0.25) is 10.0 Å². The highest BCUT2D eigenvalue weighted by Crippen LogP contribution is 2.31. The van der Waals surface area contributed by atoms with Gasteiger partial charge in [-0.15, -0.1) is 11.3 Å². The van der Waals surface area contributed by atoms with E-state index in [1.165, 1.54) is 17.5 Å². The highest BCUT2D eigenvalue weighted by Gasteiger charge is 2.41. The zero-order valence-corrected chi connectivity index (χ0v) is 13.8. The number of nitrogens with one attached hydrogen (secondary N) is 1. The molecule has 1 aliphatic heterocycles. The number of nitrogens with zero attached hydrogens (tertiary/aromatic N) is 1. The average Bonchev–Trinajstić information content (AvgIpc) is 3.01. The molecule has 0 saturated carbocycles. The maximum Gasteiger partial charge on any atom is 0.311 e. The van der Waals surface area contributed by atoms with Crippen molar-refractivity contribution in [2.45, 2.75) is 17.7 Å². The highest BCUT2D eigenvalue weighted by molar-refractivity contribution is 7.89. The van der Waals surface area contributed by atoms with Crippen LogP contribution in [-0.2, 0) is 19.6 Å². The molecule has 1 aliphatic rings. The van der Waals surface area contributed by atoms with Crippen LogP contribution in [-0.4, -0.2) is 44.2 Å². The number of ether oxygens (including phenoxy) is 1. The second-order valence-corrected chi connectivity index (χ2v) is 8.21. The molecule has 0 bridgehead atoms. The van der Waals surface area contributed by atoms with E-state index in [1.807, 2.05) is 11.4 Å². The van der Waals surface area contributed by atoms with Crippen molar-refractivity contribution in [3.8, 4) is 0 Å². The van der Waals surface area contributed by atoms with Gasteiger partial charge in [0, 0.05) is 26.0 Å². The fraction of sp³-hybridized carbons (Fsp3) is 0.429. The Morgan fingerprint density at radius 1 is 1.43 bits per heavy atom. The molecule has 3 rings (SSSR count). The predicted octanol–water partition coefficient (Wildman–Crippen LogP) is 1.46. The van der Waals surface area contributed by atoms with E-state index >= 15 is 0 Å². The summed E-state index contributed by atoms with van der Waals surface area (Å²) in [7, 11) is -3.81. The molecule has 0 amide bonds. The summed E-state index contributed by atoms with van der Waals surface area (Å²) < 4.78 is 33.2. The summed E-state index contributed by atoms with van der Waals surface area (Å²) in [6.45, 7) is 0.476. The Labute approximate surface area is 137 Å². The van der Waals surface area contributed by atoms with Gasteiger partial charge in [-0.05, 0) is 30.4 Å². The van der Waals surface area contributed by atoms with Crippen LogP contribution in [0.25, 0.3) is 10.2 Å². The summed E-state index contributed by atoms with van der Waals surface area (Å²) >= 11 is 1.40. The number of rotatable bonds is 5. The molecule has 124 valence electrons. The minimum atomic E-state index is -3.81. The molecule has 23 heavy (non-hydrogen) atoms. The fourth-order valence-electron chi connectivity index (χ4n) is 2.52. The van der Waals surface area contributed by atoms with Crippen molar-refractivity contribution in [3.63, 3.8) is 0 Å². The smallest absolute Gasteiger partial charge is 0.311 e. The minimum absolute atomic E-state index is 0.0417. The average molecular weight is 356 g/mol. The van der Waals surface area contributed by atoms with Gasteiger partial charge in [0.25, 0.3) is 0 Å². The van der Waals surface area contributed by atoms with Crippen LogP contribution in [0.3, 0.4) is 0 Å². The number of fused-ring (bicyclic) bond motifs is 1. The number of aromatic nitrogens is 1. The summed E-state index contributed by atoms with van der Waals surface area (Å²) in [4.78, 5) is 15.7. The number of hydrogen-bond donors (Lipinski definition) is 2. The van der Waals surface area contributed by atoms with E-state index in [4.69, 9.17) is 4.74 Å². The van der Waals surface area contributed by atoms with Crippen molar-refractivity contribution in [2.75, 3.05) is 19.8 Å². The standard InChI is InChI=1S/C14H16N2O5S2/c17-13(18)14(2-4-21-5-3-14)9-16-23(19,20)10-7-12-11(15-8-10)1-6-22-12/h1,6-8,16H,2-5,9H2,(H,17,18). The number of pyridine rings is 1. The molecule has 0 radical (unpaired) electrons. The second-order valence-electron chi connectivity index (χ2n) is 5.50. The van der Waals surface area contributed by atoms with Crippen molar-refractivity contribution in [1.82, 2.24) is 9.71 Å². The summed E-state index contributed by atoms with van der Waals surface area (Å²) in [5.41, 5.74) is -0.383. The summed E-state index contributed by atoms with van der Waals surface area (Å²) in [6.07, 6.45) is 1.86. The minimum Gasteiger partial charge on any atom is -0.481 e. The van der Waals surface area contributed by atoms with Crippen LogP contribution in [0.15, 0.2) is 28.6 Å². The van der Waals surface area contributed by atoms with Crippen molar-refractivity contribution < 1.29 is 23.1 Å². The molecule has 0 aromatic carbocycles. The van der Waals surface area contributed by atoms with Crippen molar-refractivity contribution in [1.29, 1.82) is 0 Å². The first-order valence-electron chi connectivity index (χ1n) is 7.07. The Morgan fingerprint density at radius 2 is 2.17 bits per heavy atom. The van der Waals surface area contributed by atoms with Gasteiger partial charge in [0.1, 0.15) is 4.90 Å². The van der Waals surface area contributed by atoms with Gasteiger partial charge in [-0.25, -0.2) is 13.1 Å². The van der Waals surface area contributed by atoms with Crippen LogP contribution < -0.4 is 4.72 Å². The maximum absolute atomic E-state index is 12.4. The Kier molecular flexibility index (Phi) is 4.37. The molecular formula is C14H16N2O5S2. The van der Waals surface area contributed by atoms with Crippen LogP contribution >= 0.6 is 11.3 Å². The van der Waals surface area contributed by atoms with E-state index in [0.717, 1.165) is 10.2 Å². The van der Waals surface area contributed by atoms with E-state index in [-0.39, 0.29) is 24.3 Å². The molecule has 0 aliphatic carbocycles. The van der Waals surface area contributed by atoms with Crippen LogP contribution in [0.5, 0.6) is 0 Å². The van der Waals surface area contributed by atoms with Gasteiger partial charge in [0.05, 0.1) is 15.6 Å². The molecule has 3 heterocycles. The van der Waals surface area contributed by atoms with Gasteiger partial charge in [0.15, 0.2) is 0 Å². The normalized spacial score (nSPS) is 18.1. The van der Waals surface area contributed by atoms with Gasteiger partial charge < -0.3 is 9.84 Å². The molecular weight excluding hydrogens is 340 g/mol. The summed E-state index contributed by atoms with van der Waals surface area (Å²) in [5.74, 6) is -1.00. The van der Waals surface area contributed by atoms with Crippen LogP contribution in [0, 0.1) is 5.41 Å². The lowest BCUT2D eigenvalue weighted by Gasteiger charge is -2.33. The molecule has 0 atom stereocenters. The largest absolute Gasteiger partial charge is 0.481 e. The van der Waals surface area contributed by atoms with Gasteiger partial charge in [-0.1, -0.05) is 0 Å². The summed E-state index contributed by atoms with van der Waals surface area (Å²) in [6, 6.07) is 3.36. The molecule has 2 aromatic heterocycles. The van der Waals surface area contributed by atoms with Crippen molar-refractivity contribution >= 4 is 37.5 Å². The Morgan fingerprint density at radius 3 is 2.87 bits per heavy atom. The van der Waals surface area contributed by atoms with E-state index in [0.29, 0.717) is 13.2 Å². The van der Waals surface area contributed by atoms with Crippen LogP contribution in [0.2, 0.25) is 0 Å². The molecule has 2 aromatic rings. The number of hydrogen-bond acceptors (Lipinski definition) is 6. The second kappa shape index (κ2) is 6.16. The first-order valence-corrected chi connectivity index (χ1v) is 9.43. The Bertz CT molecular complexity index is 825. The van der Waals surface area contributed by atoms with E-state index in [9.17, 15) is 18.3 Å². The topological polar surface area (TPSA) is 106 Å². The molecule has 0 spiro atoms. The molecule has 2 N–H and O–H groups in total. The van der Waals surface area contributed by atoms with Crippen molar-refractivity contribution in [3.05, 3.63) is 23.7 Å². The Balaban J connectivity index is 1.81. The third-order valence-corrected chi connectivity index (χ3v) is 6.31. The maximum atomic E-state index is 12.4. The molecule has 1 fully saturated rings. The number of carbonyl (C=O) groups is 1. The molecule has 0 unspecified atom stereocenters. The molecule has 1 saturated heterocycles. The van der Waals surface area contributed by atoms with Gasteiger partial charge in [-0.2, -0.15) is 0 Å². The lowest BCUT2D eigenvalue weighted by molar-refractivity contribution is -0.154. The summed E-state index contributed by atoms with van der Waals surface area (Å²) in [5, 5.41) is 11.3. The van der Waals surface area contributed by atoms with Crippen LogP contribution in [0.4, 0.5) is 0 Å². The van der Waals surface area contributed by atoms with E-state index < -0.39 is 21.4 Å². The number of aliphatic carboxylic acids is 1. The van der Waals surface area contributed by atoms with E-state index in [1.54, 1.807) is 6.07 Å². The predicted molar refractivity (Wildman–Crippen MR) is 84.9 cm³/mol. The monoisotopic (exact) mass is 356 g/mol. The Hall–Kier alpha value is -1.55. The third-order valence-electron chi connectivity index (χ3n) is 4.09. The number of sulfonamides is 1. The first kappa shape index (κ1) is 16.3. The van der Waals surface area contributed by atoms with Crippen LogP contribution in [0.1, 0.15) is 12.8 Å². The van der Waals surface area contributed by atoms with Crippen molar-refractivity contribution in [2.24, 2.45) is 5.41 Å². The number of carboxylic acid groups (broad SMARTS) is 1. The molecule has 7 nitrogen and oxygen atoms in total. The lowest BCUT2D eigenvalue weighted by Crippen LogP contribution is -2.46. The highest BCUT2D eigenvalue weighted by atomic mass is 32.2. The fourth-order valence-corrected chi connectivity index (χ4v) is 4.47.